The van der Waals surface area contributed by atoms with Crippen LogP contribution < -0.4 is 0 Å². The molecule has 0 rings (SSSR count). The van der Waals surface area contributed by atoms with E-state index < -0.39 is 6.10 Å². The third-order valence-electron chi connectivity index (χ3n) is 12.1. The van der Waals surface area contributed by atoms with Crippen LogP contribution >= 0.6 is 0 Å². The topological polar surface area (TPSA) is 78.9 Å². The first-order chi connectivity index (χ1) is 29.0. The van der Waals surface area contributed by atoms with Crippen LogP contribution in [-0.2, 0) is 28.6 Å². The molecule has 0 aliphatic heterocycles. The molecule has 0 aromatic carbocycles. The SMILES string of the molecule is CCCCCCCCCCCCCCCCCCCCCCCCCCCCCC(=O)OCC(COC(=O)CCCCCCCCC)OC(=O)CCCCCCCCC. The Bertz CT molecular complexity index is 874. The van der Waals surface area contributed by atoms with E-state index in [1.54, 1.807) is 0 Å². The van der Waals surface area contributed by atoms with Gasteiger partial charge in [-0.05, 0) is 19.3 Å². The van der Waals surface area contributed by atoms with Crippen LogP contribution in [0.25, 0.3) is 0 Å². The zero-order valence-corrected chi connectivity index (χ0v) is 40.1. The third kappa shape index (κ3) is 47.3. The first-order valence-electron chi connectivity index (χ1n) is 26.5. The normalized spacial score (nSPS) is 11.8. The molecule has 0 aromatic heterocycles. The van der Waals surface area contributed by atoms with Gasteiger partial charge in [-0.2, -0.15) is 0 Å². The average Bonchev–Trinajstić information content (AvgIpc) is 3.23. The molecule has 0 amide bonds. The molecule has 0 aromatic rings. The molecule has 59 heavy (non-hydrogen) atoms. The molecule has 0 bridgehead atoms. The lowest BCUT2D eigenvalue weighted by Crippen LogP contribution is -2.30. The van der Waals surface area contributed by atoms with Crippen molar-refractivity contribution in [2.45, 2.75) is 309 Å². The Morgan fingerprint density at radius 1 is 0.271 bits per heavy atom. The van der Waals surface area contributed by atoms with Crippen LogP contribution in [0, 0.1) is 0 Å². The Labute approximate surface area is 368 Å². The van der Waals surface area contributed by atoms with E-state index in [-0.39, 0.29) is 31.1 Å². The van der Waals surface area contributed by atoms with E-state index >= 15 is 0 Å². The van der Waals surface area contributed by atoms with Crippen LogP contribution in [0.4, 0.5) is 0 Å². The van der Waals surface area contributed by atoms with Gasteiger partial charge in [0.2, 0.25) is 0 Å². The zero-order chi connectivity index (χ0) is 43.0. The Hall–Kier alpha value is -1.59. The molecule has 6 nitrogen and oxygen atoms in total. The van der Waals surface area contributed by atoms with Crippen molar-refractivity contribution in [3.8, 4) is 0 Å². The quantitative estimate of drug-likeness (QED) is 0.0345. The summed E-state index contributed by atoms with van der Waals surface area (Å²) >= 11 is 0. The summed E-state index contributed by atoms with van der Waals surface area (Å²) in [4.78, 5) is 37.5. The van der Waals surface area contributed by atoms with Crippen molar-refractivity contribution >= 4 is 17.9 Å². The summed E-state index contributed by atoms with van der Waals surface area (Å²) in [5, 5.41) is 0. The molecular weight excluding hydrogens is 733 g/mol. The average molecular weight is 835 g/mol. The molecular formula is C53H102O6. The number of carbonyl (C=O) groups is 3. The number of esters is 3. The second-order valence-electron chi connectivity index (χ2n) is 18.2. The van der Waals surface area contributed by atoms with Gasteiger partial charge in [0.15, 0.2) is 6.10 Å². The number of carbonyl (C=O) groups excluding carboxylic acids is 3. The van der Waals surface area contributed by atoms with Crippen molar-refractivity contribution in [1.29, 1.82) is 0 Å². The first-order valence-corrected chi connectivity index (χ1v) is 26.5. The van der Waals surface area contributed by atoms with E-state index in [1.807, 2.05) is 0 Å². The van der Waals surface area contributed by atoms with Crippen molar-refractivity contribution in [2.75, 3.05) is 13.2 Å². The number of unbranched alkanes of at least 4 members (excludes halogenated alkanes) is 38. The fraction of sp³-hybridized carbons (Fsp3) is 0.943. The summed E-state index contributed by atoms with van der Waals surface area (Å²) in [7, 11) is 0. The molecule has 0 aliphatic rings. The van der Waals surface area contributed by atoms with Crippen LogP contribution in [0.3, 0.4) is 0 Å². The number of hydrogen-bond donors (Lipinski definition) is 0. The lowest BCUT2D eigenvalue weighted by molar-refractivity contribution is -0.167. The van der Waals surface area contributed by atoms with Gasteiger partial charge in [0.05, 0.1) is 0 Å². The minimum Gasteiger partial charge on any atom is -0.462 e. The summed E-state index contributed by atoms with van der Waals surface area (Å²) in [5.41, 5.74) is 0. The van der Waals surface area contributed by atoms with E-state index in [1.165, 1.54) is 205 Å². The third-order valence-corrected chi connectivity index (χ3v) is 12.1. The van der Waals surface area contributed by atoms with E-state index in [0.717, 1.165) is 57.8 Å². The summed E-state index contributed by atoms with van der Waals surface area (Å²) in [6, 6.07) is 0. The summed E-state index contributed by atoms with van der Waals surface area (Å²) < 4.78 is 16.6. The molecule has 350 valence electrons. The van der Waals surface area contributed by atoms with Crippen LogP contribution in [-0.4, -0.2) is 37.2 Å². The Balaban J connectivity index is 3.87. The molecule has 0 aliphatic carbocycles. The van der Waals surface area contributed by atoms with Gasteiger partial charge in [0.1, 0.15) is 13.2 Å². The molecule has 0 saturated heterocycles. The minimum atomic E-state index is -0.757. The highest BCUT2D eigenvalue weighted by Gasteiger charge is 2.19. The van der Waals surface area contributed by atoms with Crippen LogP contribution in [0.2, 0.25) is 0 Å². The number of hydrogen-bond acceptors (Lipinski definition) is 6. The monoisotopic (exact) mass is 835 g/mol. The second kappa shape index (κ2) is 49.1. The molecule has 1 unspecified atom stereocenters. The lowest BCUT2D eigenvalue weighted by atomic mass is 10.0. The molecule has 0 spiro atoms. The fourth-order valence-electron chi connectivity index (χ4n) is 8.09. The van der Waals surface area contributed by atoms with Crippen LogP contribution in [0.1, 0.15) is 303 Å². The second-order valence-corrected chi connectivity index (χ2v) is 18.2. The highest BCUT2D eigenvalue weighted by molar-refractivity contribution is 5.71. The summed E-state index contributed by atoms with van der Waals surface area (Å²) in [6.45, 7) is 6.59. The van der Waals surface area contributed by atoms with Gasteiger partial charge in [-0.25, -0.2) is 0 Å². The smallest absolute Gasteiger partial charge is 0.306 e. The summed E-state index contributed by atoms with van der Waals surface area (Å²) in [6.07, 6.45) is 52.9. The zero-order valence-electron chi connectivity index (χ0n) is 40.1. The predicted molar refractivity (Wildman–Crippen MR) is 252 cm³/mol. The molecule has 0 heterocycles. The summed E-state index contributed by atoms with van der Waals surface area (Å²) in [5.74, 6) is -0.862. The van der Waals surface area contributed by atoms with Gasteiger partial charge in [-0.15, -0.1) is 0 Å². The highest BCUT2D eigenvalue weighted by atomic mass is 16.6. The van der Waals surface area contributed by atoms with Crippen molar-refractivity contribution in [3.63, 3.8) is 0 Å². The Kier molecular flexibility index (Phi) is 47.7. The van der Waals surface area contributed by atoms with Gasteiger partial charge in [0.25, 0.3) is 0 Å². The number of rotatable bonds is 49. The Morgan fingerprint density at radius 3 is 0.678 bits per heavy atom. The fourth-order valence-corrected chi connectivity index (χ4v) is 8.09. The largest absolute Gasteiger partial charge is 0.462 e. The number of ether oxygens (including phenoxy) is 3. The Morgan fingerprint density at radius 2 is 0.458 bits per heavy atom. The van der Waals surface area contributed by atoms with E-state index in [9.17, 15) is 14.4 Å². The van der Waals surface area contributed by atoms with Crippen LogP contribution in [0.5, 0.6) is 0 Å². The maximum atomic E-state index is 12.6. The van der Waals surface area contributed by atoms with Crippen molar-refractivity contribution < 1.29 is 28.6 Å². The minimum absolute atomic E-state index is 0.0637. The van der Waals surface area contributed by atoms with Gasteiger partial charge < -0.3 is 14.2 Å². The van der Waals surface area contributed by atoms with Crippen molar-refractivity contribution in [3.05, 3.63) is 0 Å². The maximum Gasteiger partial charge on any atom is 0.306 e. The highest BCUT2D eigenvalue weighted by Crippen LogP contribution is 2.17. The maximum absolute atomic E-state index is 12.6. The van der Waals surface area contributed by atoms with E-state index in [0.29, 0.717) is 19.3 Å². The van der Waals surface area contributed by atoms with Crippen LogP contribution in [0.15, 0.2) is 0 Å². The van der Waals surface area contributed by atoms with Gasteiger partial charge in [-0.1, -0.05) is 265 Å². The molecule has 6 heteroatoms. The van der Waals surface area contributed by atoms with Crippen molar-refractivity contribution in [1.82, 2.24) is 0 Å². The molecule has 0 radical (unpaired) electrons. The van der Waals surface area contributed by atoms with Gasteiger partial charge >= 0.3 is 17.9 Å². The van der Waals surface area contributed by atoms with Crippen molar-refractivity contribution in [2.24, 2.45) is 0 Å². The molecule has 0 N–H and O–H groups in total. The molecule has 0 saturated carbocycles. The van der Waals surface area contributed by atoms with Gasteiger partial charge in [0, 0.05) is 19.3 Å². The standard InChI is InChI=1S/C53H102O6/c1-4-7-10-13-16-17-18-19-20-21-22-23-24-25-26-27-28-29-30-31-32-33-34-35-38-40-43-46-52(55)58-49-50(59-53(56)47-44-41-37-15-12-9-6-3)48-57-51(54)45-42-39-36-14-11-8-5-2/h50H,4-49H2,1-3H3. The van der Waals surface area contributed by atoms with E-state index in [4.69, 9.17) is 14.2 Å². The predicted octanol–water partition coefficient (Wildman–Crippen LogP) is 17.2. The van der Waals surface area contributed by atoms with E-state index in [2.05, 4.69) is 20.8 Å². The first kappa shape index (κ1) is 57.4. The lowest BCUT2D eigenvalue weighted by Gasteiger charge is -2.18. The molecule has 0 fully saturated rings. The molecule has 1 atom stereocenters. The van der Waals surface area contributed by atoms with Gasteiger partial charge in [-0.3, -0.25) is 14.4 Å².